The highest BCUT2D eigenvalue weighted by atomic mass is 35.5. The van der Waals surface area contributed by atoms with Crippen LogP contribution < -0.4 is 0 Å². The molecule has 16 heavy (non-hydrogen) atoms. The molecule has 0 aliphatic carbocycles. The standard InChI is InChI=1S/C13H25Cl2N/c1-9(2)16(10(3)4)11(8-12(14)15)13(5,6)7/h8-10,12H,1-7H3/b11-8-. The lowest BCUT2D eigenvalue weighted by Crippen LogP contribution is -2.40. The van der Waals surface area contributed by atoms with Gasteiger partial charge in [0.1, 0.15) is 4.84 Å². The molecule has 0 radical (unpaired) electrons. The Morgan fingerprint density at radius 2 is 1.38 bits per heavy atom. The van der Waals surface area contributed by atoms with Crippen molar-refractivity contribution < 1.29 is 0 Å². The van der Waals surface area contributed by atoms with Crippen LogP contribution in [0.1, 0.15) is 48.5 Å². The minimum atomic E-state index is -0.450. The molecule has 0 saturated carbocycles. The first-order valence-electron chi connectivity index (χ1n) is 5.86. The molecule has 0 heterocycles. The second-order valence-electron chi connectivity index (χ2n) is 5.73. The summed E-state index contributed by atoms with van der Waals surface area (Å²) in [5, 5.41) is 0. The summed E-state index contributed by atoms with van der Waals surface area (Å²) in [6, 6.07) is 0.884. The van der Waals surface area contributed by atoms with E-state index in [1.54, 1.807) is 0 Å². The maximum atomic E-state index is 5.89. The van der Waals surface area contributed by atoms with Gasteiger partial charge in [0.2, 0.25) is 0 Å². The van der Waals surface area contributed by atoms with Crippen molar-refractivity contribution in [1.29, 1.82) is 0 Å². The van der Waals surface area contributed by atoms with Gasteiger partial charge in [0.25, 0.3) is 0 Å². The van der Waals surface area contributed by atoms with Gasteiger partial charge in [0.05, 0.1) is 0 Å². The Bertz CT molecular complexity index is 229. The zero-order valence-electron chi connectivity index (χ0n) is 11.5. The molecule has 0 unspecified atom stereocenters. The minimum absolute atomic E-state index is 0.0522. The van der Waals surface area contributed by atoms with E-state index in [0.29, 0.717) is 12.1 Å². The Hall–Kier alpha value is 0.120. The number of hydrogen-bond acceptors (Lipinski definition) is 1. The molecule has 0 aromatic carbocycles. The van der Waals surface area contributed by atoms with Gasteiger partial charge in [-0.3, -0.25) is 0 Å². The van der Waals surface area contributed by atoms with Crippen LogP contribution >= 0.6 is 23.2 Å². The number of allylic oxidation sites excluding steroid dienone is 2. The normalized spacial score (nSPS) is 14.1. The molecule has 0 fully saturated rings. The molecular weight excluding hydrogens is 241 g/mol. The highest BCUT2D eigenvalue weighted by Gasteiger charge is 2.27. The zero-order valence-corrected chi connectivity index (χ0v) is 13.0. The number of hydrogen-bond donors (Lipinski definition) is 0. The molecule has 96 valence electrons. The van der Waals surface area contributed by atoms with Gasteiger partial charge in [0.15, 0.2) is 0 Å². The predicted octanol–water partition coefficient (Wildman–Crippen LogP) is 4.84. The SMILES string of the molecule is CC(C)N(/C(=C\C(Cl)Cl)C(C)(C)C)C(C)C. The number of halogens is 2. The second kappa shape index (κ2) is 6.16. The minimum Gasteiger partial charge on any atom is -0.370 e. The van der Waals surface area contributed by atoms with Crippen molar-refractivity contribution in [3.63, 3.8) is 0 Å². The highest BCUT2D eigenvalue weighted by Crippen LogP contribution is 2.32. The van der Waals surface area contributed by atoms with Crippen molar-refractivity contribution in [2.24, 2.45) is 5.41 Å². The van der Waals surface area contributed by atoms with Gasteiger partial charge in [-0.15, -0.1) is 23.2 Å². The summed E-state index contributed by atoms with van der Waals surface area (Å²) in [4.78, 5) is 1.92. The number of rotatable bonds is 4. The first-order valence-corrected chi connectivity index (χ1v) is 6.73. The maximum absolute atomic E-state index is 5.89. The smallest absolute Gasteiger partial charge is 0.127 e. The van der Waals surface area contributed by atoms with Crippen molar-refractivity contribution >= 4 is 23.2 Å². The fraction of sp³-hybridized carbons (Fsp3) is 0.846. The average Bonchev–Trinajstić information content (AvgIpc) is 1.98. The lowest BCUT2D eigenvalue weighted by atomic mass is 9.89. The molecule has 0 rings (SSSR count). The summed E-state index contributed by atoms with van der Waals surface area (Å²) in [6.07, 6.45) is 1.95. The molecule has 0 atom stereocenters. The highest BCUT2D eigenvalue weighted by molar-refractivity contribution is 6.45. The Morgan fingerprint density at radius 1 is 1.00 bits per heavy atom. The van der Waals surface area contributed by atoms with Gasteiger partial charge in [-0.2, -0.15) is 0 Å². The molecule has 1 nitrogen and oxygen atoms in total. The molecule has 0 amide bonds. The van der Waals surface area contributed by atoms with E-state index in [1.165, 1.54) is 5.70 Å². The average molecular weight is 266 g/mol. The van der Waals surface area contributed by atoms with Crippen LogP contribution in [-0.4, -0.2) is 21.8 Å². The van der Waals surface area contributed by atoms with Crippen LogP contribution in [0.2, 0.25) is 0 Å². The van der Waals surface area contributed by atoms with E-state index in [2.05, 4.69) is 53.4 Å². The van der Waals surface area contributed by atoms with Crippen LogP contribution in [0.4, 0.5) is 0 Å². The van der Waals surface area contributed by atoms with Crippen LogP contribution in [0.15, 0.2) is 11.8 Å². The molecule has 0 aliphatic rings. The quantitative estimate of drug-likeness (QED) is 0.658. The van der Waals surface area contributed by atoms with Crippen LogP contribution in [0.3, 0.4) is 0 Å². The molecular formula is C13H25Cl2N. The molecule has 0 aromatic rings. The van der Waals surface area contributed by atoms with Gasteiger partial charge < -0.3 is 4.90 Å². The lowest BCUT2D eigenvalue weighted by molar-refractivity contribution is 0.183. The lowest BCUT2D eigenvalue weighted by Gasteiger charge is -2.41. The van der Waals surface area contributed by atoms with E-state index in [0.717, 1.165) is 0 Å². The summed E-state index contributed by atoms with van der Waals surface area (Å²) in [5.41, 5.74) is 1.27. The second-order valence-corrected chi connectivity index (χ2v) is 6.89. The third kappa shape index (κ3) is 4.97. The zero-order chi connectivity index (χ0) is 13.1. The van der Waals surface area contributed by atoms with Crippen LogP contribution in [0.5, 0.6) is 0 Å². The third-order valence-electron chi connectivity index (χ3n) is 2.44. The van der Waals surface area contributed by atoms with Crippen molar-refractivity contribution in [3.8, 4) is 0 Å². The van der Waals surface area contributed by atoms with Gasteiger partial charge in [0, 0.05) is 23.2 Å². The predicted molar refractivity (Wildman–Crippen MR) is 75.1 cm³/mol. The summed E-state index contributed by atoms with van der Waals surface area (Å²) in [7, 11) is 0. The maximum Gasteiger partial charge on any atom is 0.127 e. The van der Waals surface area contributed by atoms with E-state index in [1.807, 2.05) is 6.08 Å². The van der Waals surface area contributed by atoms with Gasteiger partial charge >= 0.3 is 0 Å². The van der Waals surface area contributed by atoms with Crippen molar-refractivity contribution in [1.82, 2.24) is 4.90 Å². The summed E-state index contributed by atoms with van der Waals surface area (Å²) in [5.74, 6) is 0. The van der Waals surface area contributed by atoms with Crippen molar-refractivity contribution in [2.75, 3.05) is 0 Å². The molecule has 0 saturated heterocycles. The fourth-order valence-corrected chi connectivity index (χ4v) is 2.23. The molecule has 0 bridgehead atoms. The molecule has 0 aliphatic heterocycles. The Balaban J connectivity index is 5.31. The van der Waals surface area contributed by atoms with E-state index < -0.39 is 4.84 Å². The van der Waals surface area contributed by atoms with Crippen LogP contribution in [0, 0.1) is 5.41 Å². The third-order valence-corrected chi connectivity index (χ3v) is 2.70. The van der Waals surface area contributed by atoms with Crippen molar-refractivity contribution in [2.45, 2.75) is 65.4 Å². The molecule has 0 N–H and O–H groups in total. The number of alkyl halides is 2. The van der Waals surface area contributed by atoms with Crippen LogP contribution in [0.25, 0.3) is 0 Å². The topological polar surface area (TPSA) is 3.24 Å². The Morgan fingerprint density at radius 3 is 1.56 bits per heavy atom. The molecule has 0 spiro atoms. The van der Waals surface area contributed by atoms with Gasteiger partial charge in [-0.05, 0) is 33.8 Å². The Kier molecular flexibility index (Phi) is 6.21. The number of nitrogens with zero attached hydrogens (tertiary/aromatic N) is 1. The monoisotopic (exact) mass is 265 g/mol. The largest absolute Gasteiger partial charge is 0.370 e. The molecule has 3 heteroatoms. The van der Waals surface area contributed by atoms with Gasteiger partial charge in [-0.1, -0.05) is 20.8 Å². The van der Waals surface area contributed by atoms with E-state index >= 15 is 0 Å². The fourth-order valence-electron chi connectivity index (χ4n) is 2.00. The van der Waals surface area contributed by atoms with Crippen molar-refractivity contribution in [3.05, 3.63) is 11.8 Å². The van der Waals surface area contributed by atoms with E-state index in [4.69, 9.17) is 23.2 Å². The summed E-state index contributed by atoms with van der Waals surface area (Å²) < 4.78 is 0. The first-order chi connectivity index (χ1) is 7.07. The van der Waals surface area contributed by atoms with E-state index in [-0.39, 0.29) is 5.41 Å². The van der Waals surface area contributed by atoms with E-state index in [9.17, 15) is 0 Å². The molecule has 0 aromatic heterocycles. The summed E-state index contributed by atoms with van der Waals surface area (Å²) >= 11 is 11.8. The Labute approximate surface area is 111 Å². The summed E-state index contributed by atoms with van der Waals surface area (Å²) in [6.45, 7) is 15.3. The van der Waals surface area contributed by atoms with Crippen LogP contribution in [-0.2, 0) is 0 Å². The first kappa shape index (κ1) is 16.1. The van der Waals surface area contributed by atoms with Gasteiger partial charge in [-0.25, -0.2) is 0 Å².